The fourth-order valence-corrected chi connectivity index (χ4v) is 3.90. The first kappa shape index (κ1) is 26.7. The number of benzene rings is 2. The minimum atomic E-state index is -0.395. The molecule has 7 heteroatoms. The summed E-state index contributed by atoms with van der Waals surface area (Å²) in [5.74, 6) is 1.89. The van der Waals surface area contributed by atoms with E-state index in [1.165, 1.54) is 4.68 Å². The molecule has 0 aliphatic heterocycles. The Hall–Kier alpha value is -2.93. The van der Waals surface area contributed by atoms with Crippen molar-refractivity contribution in [3.05, 3.63) is 74.8 Å². The molecule has 0 radical (unpaired) electrons. The third-order valence-corrected chi connectivity index (χ3v) is 5.68. The maximum absolute atomic E-state index is 13.4. The van der Waals surface area contributed by atoms with Gasteiger partial charge >= 0.3 is 0 Å². The Kier molecular flexibility index (Phi) is 7.90. The van der Waals surface area contributed by atoms with Crippen LogP contribution in [0.5, 0.6) is 11.5 Å². The highest BCUT2D eigenvalue weighted by Gasteiger charge is 2.23. The predicted molar refractivity (Wildman–Crippen MR) is 147 cm³/mol. The molecule has 0 saturated carbocycles. The summed E-state index contributed by atoms with van der Waals surface area (Å²) in [7, 11) is 1.62. The minimum absolute atomic E-state index is 0.000802. The van der Waals surface area contributed by atoms with E-state index in [9.17, 15) is 4.79 Å². The molecule has 35 heavy (non-hydrogen) atoms. The molecule has 0 spiro atoms. The van der Waals surface area contributed by atoms with E-state index in [1.807, 2.05) is 51.1 Å². The van der Waals surface area contributed by atoms with Gasteiger partial charge in [0.2, 0.25) is 0 Å². The van der Waals surface area contributed by atoms with Gasteiger partial charge in [0, 0.05) is 15.5 Å². The molecule has 0 saturated heterocycles. The van der Waals surface area contributed by atoms with Crippen LogP contribution in [-0.4, -0.2) is 29.6 Å². The highest BCUT2D eigenvalue weighted by molar-refractivity contribution is 9.10. The summed E-state index contributed by atoms with van der Waals surface area (Å²) in [6.07, 6.45) is 4.09. The number of allylic oxidation sites excluding steroid dienone is 1. The Morgan fingerprint density at radius 1 is 1.14 bits per heavy atom. The van der Waals surface area contributed by atoms with Gasteiger partial charge in [-0.25, -0.2) is 4.98 Å². The van der Waals surface area contributed by atoms with E-state index < -0.39 is 5.41 Å². The van der Waals surface area contributed by atoms with Crippen LogP contribution in [0.3, 0.4) is 0 Å². The van der Waals surface area contributed by atoms with Crippen LogP contribution in [0.2, 0.25) is 0 Å². The maximum atomic E-state index is 13.4. The summed E-state index contributed by atoms with van der Waals surface area (Å²) in [5.41, 5.74) is 1.75. The molecule has 0 aliphatic carbocycles. The lowest BCUT2D eigenvalue weighted by Crippen LogP contribution is -2.29. The number of methoxy groups -OCH3 is 1. The molecule has 186 valence electrons. The number of hydrogen-bond donors (Lipinski definition) is 0. The lowest BCUT2D eigenvalue weighted by Gasteiger charge is -2.22. The minimum Gasteiger partial charge on any atom is -0.493 e. The van der Waals surface area contributed by atoms with Gasteiger partial charge < -0.3 is 9.47 Å². The lowest BCUT2D eigenvalue weighted by molar-refractivity contribution is 0.190. The van der Waals surface area contributed by atoms with E-state index in [4.69, 9.17) is 14.5 Å². The van der Waals surface area contributed by atoms with E-state index in [0.29, 0.717) is 41.3 Å². The van der Waals surface area contributed by atoms with Crippen LogP contribution in [0, 0.1) is 5.41 Å². The molecular weight excluding hydrogens is 506 g/mol. The van der Waals surface area contributed by atoms with Crippen molar-refractivity contribution >= 4 is 33.0 Å². The second kappa shape index (κ2) is 10.4. The maximum Gasteiger partial charge on any atom is 0.282 e. The molecule has 0 aliphatic rings. The van der Waals surface area contributed by atoms with Gasteiger partial charge in [0.1, 0.15) is 5.82 Å². The van der Waals surface area contributed by atoms with Crippen LogP contribution >= 0.6 is 15.9 Å². The van der Waals surface area contributed by atoms with Gasteiger partial charge in [0.05, 0.1) is 30.8 Å². The molecule has 1 aromatic heterocycles. The summed E-state index contributed by atoms with van der Waals surface area (Å²) in [4.78, 5) is 18.2. The van der Waals surface area contributed by atoms with E-state index in [1.54, 1.807) is 19.4 Å². The average molecular weight is 541 g/mol. The molecule has 6 nitrogen and oxygen atoms in total. The smallest absolute Gasteiger partial charge is 0.282 e. The topological polar surface area (TPSA) is 65.7 Å². The standard InChI is InChI=1S/C28H34BrN3O3/c1-9-10-19-13-18(14-23(34-8)24(19)35-17-27(2,3)4)16-30-32-25(33)21-15-20(29)11-12-22(21)31-26(32)28(5,6)7/h9,11-16H,1,10,17H2,2-8H3. The second-order valence-electron chi connectivity index (χ2n) is 10.8. The van der Waals surface area contributed by atoms with Gasteiger partial charge in [-0.1, -0.05) is 63.5 Å². The van der Waals surface area contributed by atoms with Gasteiger partial charge in [-0.15, -0.1) is 6.58 Å². The van der Waals surface area contributed by atoms with Gasteiger partial charge in [-0.2, -0.15) is 9.78 Å². The lowest BCUT2D eigenvalue weighted by atomic mass is 9.95. The molecule has 0 bridgehead atoms. The molecule has 0 N–H and O–H groups in total. The van der Waals surface area contributed by atoms with Gasteiger partial charge in [-0.3, -0.25) is 4.79 Å². The highest BCUT2D eigenvalue weighted by Crippen LogP contribution is 2.34. The second-order valence-corrected chi connectivity index (χ2v) is 11.7. The molecule has 0 atom stereocenters. The molecule has 0 amide bonds. The molecule has 3 aromatic rings. The van der Waals surface area contributed by atoms with Gasteiger partial charge in [0.15, 0.2) is 11.5 Å². The van der Waals surface area contributed by atoms with Crippen molar-refractivity contribution < 1.29 is 9.47 Å². The first-order valence-electron chi connectivity index (χ1n) is 11.6. The third-order valence-electron chi connectivity index (χ3n) is 5.19. The number of nitrogens with zero attached hydrogens (tertiary/aromatic N) is 3. The van der Waals surface area contributed by atoms with Crippen LogP contribution < -0.4 is 15.0 Å². The summed E-state index contributed by atoms with van der Waals surface area (Å²) < 4.78 is 14.0. The van der Waals surface area contributed by atoms with Crippen LogP contribution in [-0.2, 0) is 11.8 Å². The number of fused-ring (bicyclic) bond motifs is 1. The van der Waals surface area contributed by atoms with Crippen molar-refractivity contribution in [1.82, 2.24) is 9.66 Å². The summed E-state index contributed by atoms with van der Waals surface area (Å²) in [6.45, 7) is 16.8. The van der Waals surface area contributed by atoms with E-state index >= 15 is 0 Å². The number of aromatic nitrogens is 2. The fraction of sp³-hybridized carbons (Fsp3) is 0.393. The molecule has 0 unspecified atom stereocenters. The highest BCUT2D eigenvalue weighted by atomic mass is 79.9. The van der Waals surface area contributed by atoms with Crippen molar-refractivity contribution in [3.63, 3.8) is 0 Å². The predicted octanol–water partition coefficient (Wildman–Crippen LogP) is 6.50. The third kappa shape index (κ3) is 6.40. The molecule has 1 heterocycles. The monoisotopic (exact) mass is 539 g/mol. The van der Waals surface area contributed by atoms with Crippen LogP contribution in [0.1, 0.15) is 58.5 Å². The Labute approximate surface area is 215 Å². The Balaban J connectivity index is 2.14. The van der Waals surface area contributed by atoms with Crippen molar-refractivity contribution in [3.8, 4) is 11.5 Å². The van der Waals surface area contributed by atoms with Crippen LogP contribution in [0.4, 0.5) is 0 Å². The van der Waals surface area contributed by atoms with E-state index in [0.717, 1.165) is 15.6 Å². The Bertz CT molecular complexity index is 1330. The van der Waals surface area contributed by atoms with E-state index in [-0.39, 0.29) is 11.0 Å². The fourth-order valence-electron chi connectivity index (χ4n) is 3.54. The summed E-state index contributed by atoms with van der Waals surface area (Å²) in [6, 6.07) is 9.34. The number of rotatable bonds is 7. The molecule has 3 rings (SSSR count). The Morgan fingerprint density at radius 3 is 2.46 bits per heavy atom. The van der Waals surface area contributed by atoms with Crippen molar-refractivity contribution in [2.24, 2.45) is 10.5 Å². The summed E-state index contributed by atoms with van der Waals surface area (Å²) >= 11 is 3.45. The largest absolute Gasteiger partial charge is 0.493 e. The SMILES string of the molecule is C=CCc1cc(C=Nn2c(C(C)(C)C)nc3ccc(Br)cc3c2=O)cc(OC)c1OCC(C)(C)C. The van der Waals surface area contributed by atoms with Gasteiger partial charge in [0.25, 0.3) is 5.56 Å². The number of hydrogen-bond acceptors (Lipinski definition) is 5. The van der Waals surface area contributed by atoms with Crippen LogP contribution in [0.15, 0.2) is 57.4 Å². The average Bonchev–Trinajstić information content (AvgIpc) is 2.76. The first-order valence-corrected chi connectivity index (χ1v) is 12.3. The molecule has 0 fully saturated rings. The summed E-state index contributed by atoms with van der Waals surface area (Å²) in [5, 5.41) is 5.09. The quantitative estimate of drug-likeness (QED) is 0.254. The normalized spacial score (nSPS) is 12.3. The Morgan fingerprint density at radius 2 is 1.86 bits per heavy atom. The van der Waals surface area contributed by atoms with E-state index in [2.05, 4.69) is 48.4 Å². The van der Waals surface area contributed by atoms with Crippen LogP contribution in [0.25, 0.3) is 10.9 Å². The zero-order chi connectivity index (χ0) is 26.0. The zero-order valence-corrected chi connectivity index (χ0v) is 23.2. The van der Waals surface area contributed by atoms with Crippen molar-refractivity contribution in [2.75, 3.05) is 13.7 Å². The molecule has 2 aromatic carbocycles. The molecular formula is C28H34BrN3O3. The number of ether oxygens (including phenoxy) is 2. The van der Waals surface area contributed by atoms with Gasteiger partial charge in [-0.05, 0) is 47.7 Å². The zero-order valence-electron chi connectivity index (χ0n) is 21.6. The number of halogens is 1. The first-order chi connectivity index (χ1) is 16.3. The van der Waals surface area contributed by atoms with Crippen molar-refractivity contribution in [1.29, 1.82) is 0 Å². The van der Waals surface area contributed by atoms with Crippen molar-refractivity contribution in [2.45, 2.75) is 53.4 Å².